The molecule has 0 saturated carbocycles. The van der Waals surface area contributed by atoms with Gasteiger partial charge in [0, 0.05) is 26.0 Å². The second-order valence-corrected chi connectivity index (χ2v) is 3.08. The summed E-state index contributed by atoms with van der Waals surface area (Å²) in [4.78, 5) is 15.8. The van der Waals surface area contributed by atoms with Gasteiger partial charge >= 0.3 is 0 Å². The Labute approximate surface area is 83.9 Å². The van der Waals surface area contributed by atoms with E-state index in [1.807, 2.05) is 13.8 Å². The molecule has 4 nitrogen and oxygen atoms in total. The Morgan fingerprint density at radius 1 is 1.64 bits per heavy atom. The molecule has 0 aliphatic rings. The topological polar surface area (TPSA) is 44.1 Å². The number of aryl methyl sites for hydroxylation is 1. The van der Waals surface area contributed by atoms with Gasteiger partial charge in [-0.1, -0.05) is 6.92 Å². The van der Waals surface area contributed by atoms with E-state index in [1.165, 1.54) is 0 Å². The maximum Gasteiger partial charge on any atom is 0.226 e. The molecule has 0 bridgehead atoms. The minimum Gasteiger partial charge on any atom is -0.370 e. The third-order valence-corrected chi connectivity index (χ3v) is 2.07. The van der Waals surface area contributed by atoms with Crippen LogP contribution < -0.4 is 0 Å². The molecule has 0 fully saturated rings. The lowest BCUT2D eigenvalue weighted by Gasteiger charge is -2.12. The lowest BCUT2D eigenvalue weighted by Crippen LogP contribution is -2.26. The van der Waals surface area contributed by atoms with Crippen molar-refractivity contribution in [2.24, 2.45) is 7.05 Å². The average molecular weight is 196 g/mol. The van der Waals surface area contributed by atoms with E-state index in [0.29, 0.717) is 18.9 Å². The van der Waals surface area contributed by atoms with Gasteiger partial charge in [0.15, 0.2) is 5.82 Å². The van der Waals surface area contributed by atoms with Crippen molar-refractivity contribution in [1.82, 2.24) is 9.55 Å². The second-order valence-electron chi connectivity index (χ2n) is 3.08. The van der Waals surface area contributed by atoms with Crippen LogP contribution in [-0.2, 0) is 11.8 Å². The van der Waals surface area contributed by atoms with E-state index in [9.17, 15) is 4.79 Å². The third kappa shape index (κ3) is 2.20. The van der Waals surface area contributed by atoms with Crippen LogP contribution in [0.1, 0.15) is 30.9 Å². The van der Waals surface area contributed by atoms with Gasteiger partial charge in [0.1, 0.15) is 6.10 Å². The molecule has 1 atom stereocenters. The third-order valence-electron chi connectivity index (χ3n) is 2.07. The highest BCUT2D eigenvalue weighted by Gasteiger charge is 2.21. The predicted octanol–water partition coefficient (Wildman–Crippen LogP) is 1.42. The Morgan fingerprint density at radius 2 is 2.36 bits per heavy atom. The number of carbonyl (C=O) groups is 1. The molecule has 1 heterocycles. The number of hydrogen-bond acceptors (Lipinski definition) is 3. The highest BCUT2D eigenvalue weighted by atomic mass is 16.5. The molecule has 0 aliphatic carbocycles. The number of aromatic nitrogens is 2. The Morgan fingerprint density at radius 3 is 2.79 bits per heavy atom. The van der Waals surface area contributed by atoms with E-state index < -0.39 is 0 Å². The van der Waals surface area contributed by atoms with Crippen LogP contribution in [0.15, 0.2) is 12.4 Å². The molecule has 0 N–H and O–H groups in total. The van der Waals surface area contributed by atoms with Crippen LogP contribution >= 0.6 is 0 Å². The van der Waals surface area contributed by atoms with Crippen LogP contribution in [0.2, 0.25) is 0 Å². The first-order valence-corrected chi connectivity index (χ1v) is 4.83. The van der Waals surface area contributed by atoms with Gasteiger partial charge in [0.2, 0.25) is 5.78 Å². The van der Waals surface area contributed by atoms with E-state index in [2.05, 4.69) is 4.98 Å². The molecule has 0 spiro atoms. The van der Waals surface area contributed by atoms with Gasteiger partial charge < -0.3 is 9.30 Å². The van der Waals surface area contributed by atoms with E-state index in [-0.39, 0.29) is 11.9 Å². The first kappa shape index (κ1) is 10.9. The van der Waals surface area contributed by atoms with Crippen molar-refractivity contribution in [3.05, 3.63) is 18.2 Å². The molecule has 1 unspecified atom stereocenters. The summed E-state index contributed by atoms with van der Waals surface area (Å²) < 4.78 is 7.04. The molecule has 0 aromatic carbocycles. The Kier molecular flexibility index (Phi) is 3.83. The first-order valence-electron chi connectivity index (χ1n) is 4.83. The van der Waals surface area contributed by atoms with E-state index in [4.69, 9.17) is 4.74 Å². The number of carbonyl (C=O) groups excluding carboxylic acids is 1. The summed E-state index contributed by atoms with van der Waals surface area (Å²) in [5.74, 6) is 0.423. The van der Waals surface area contributed by atoms with Gasteiger partial charge in [-0.05, 0) is 13.3 Å². The Bertz CT molecular complexity index is 307. The van der Waals surface area contributed by atoms with Crippen molar-refractivity contribution < 1.29 is 9.53 Å². The quantitative estimate of drug-likeness (QED) is 0.669. The zero-order chi connectivity index (χ0) is 10.6. The standard InChI is InChI=1S/C10H16N2O2/c1-4-8(14-5-2)9(13)10-11-6-7-12(10)3/h6-8H,4-5H2,1-3H3. The minimum atomic E-state index is -0.360. The fourth-order valence-corrected chi connectivity index (χ4v) is 1.33. The number of Topliss-reactive ketones (excluding diaryl/α,β-unsaturated/α-hetero) is 1. The van der Waals surface area contributed by atoms with Gasteiger partial charge in [0.25, 0.3) is 0 Å². The van der Waals surface area contributed by atoms with Gasteiger partial charge in [-0.3, -0.25) is 4.79 Å². The molecule has 4 heteroatoms. The maximum atomic E-state index is 11.8. The average Bonchev–Trinajstić information content (AvgIpc) is 2.59. The fourth-order valence-electron chi connectivity index (χ4n) is 1.33. The Balaban J connectivity index is 2.78. The van der Waals surface area contributed by atoms with Crippen LogP contribution in [-0.4, -0.2) is 28.0 Å². The molecule has 14 heavy (non-hydrogen) atoms. The van der Waals surface area contributed by atoms with Crippen LogP contribution in [0.25, 0.3) is 0 Å². The number of rotatable bonds is 5. The normalized spacial score (nSPS) is 12.8. The summed E-state index contributed by atoms with van der Waals surface area (Å²) in [6, 6.07) is 0. The van der Waals surface area contributed by atoms with Gasteiger partial charge in [-0.2, -0.15) is 0 Å². The highest BCUT2D eigenvalue weighted by Crippen LogP contribution is 2.06. The molecule has 1 aromatic heterocycles. The number of ketones is 1. The van der Waals surface area contributed by atoms with Crippen molar-refractivity contribution in [1.29, 1.82) is 0 Å². The monoisotopic (exact) mass is 196 g/mol. The van der Waals surface area contributed by atoms with Gasteiger partial charge in [-0.25, -0.2) is 4.98 Å². The zero-order valence-electron chi connectivity index (χ0n) is 8.86. The van der Waals surface area contributed by atoms with Gasteiger partial charge in [0.05, 0.1) is 0 Å². The largest absolute Gasteiger partial charge is 0.370 e. The van der Waals surface area contributed by atoms with Crippen molar-refractivity contribution in [3.63, 3.8) is 0 Å². The lowest BCUT2D eigenvalue weighted by molar-refractivity contribution is 0.0431. The molecule has 1 aromatic rings. The molecular weight excluding hydrogens is 180 g/mol. The number of nitrogens with zero attached hydrogens (tertiary/aromatic N) is 2. The minimum absolute atomic E-state index is 0.0400. The predicted molar refractivity (Wildman–Crippen MR) is 53.2 cm³/mol. The van der Waals surface area contributed by atoms with E-state index >= 15 is 0 Å². The molecule has 78 valence electrons. The summed E-state index contributed by atoms with van der Waals surface area (Å²) in [5.41, 5.74) is 0. The van der Waals surface area contributed by atoms with E-state index in [1.54, 1.807) is 24.0 Å². The smallest absolute Gasteiger partial charge is 0.226 e. The van der Waals surface area contributed by atoms with Crippen molar-refractivity contribution in [3.8, 4) is 0 Å². The molecule has 0 saturated heterocycles. The number of imidazole rings is 1. The van der Waals surface area contributed by atoms with Crippen LogP contribution in [0, 0.1) is 0 Å². The summed E-state index contributed by atoms with van der Waals surface area (Å²) in [7, 11) is 1.80. The number of hydrogen-bond donors (Lipinski definition) is 0. The van der Waals surface area contributed by atoms with Crippen LogP contribution in [0.5, 0.6) is 0 Å². The summed E-state index contributed by atoms with van der Waals surface area (Å²) in [6.45, 7) is 4.37. The van der Waals surface area contributed by atoms with Gasteiger partial charge in [-0.15, -0.1) is 0 Å². The number of ether oxygens (including phenoxy) is 1. The highest BCUT2D eigenvalue weighted by molar-refractivity contribution is 5.96. The summed E-state index contributed by atoms with van der Waals surface area (Å²) >= 11 is 0. The maximum absolute atomic E-state index is 11.8. The van der Waals surface area contributed by atoms with Crippen molar-refractivity contribution in [2.75, 3.05) is 6.61 Å². The molecule has 0 amide bonds. The summed E-state index contributed by atoms with van der Waals surface area (Å²) in [6.07, 6.45) is 3.69. The zero-order valence-corrected chi connectivity index (χ0v) is 8.86. The van der Waals surface area contributed by atoms with Crippen LogP contribution in [0.3, 0.4) is 0 Å². The fraction of sp³-hybridized carbons (Fsp3) is 0.600. The lowest BCUT2D eigenvalue weighted by atomic mass is 10.1. The summed E-state index contributed by atoms with van der Waals surface area (Å²) in [5, 5.41) is 0. The van der Waals surface area contributed by atoms with Crippen molar-refractivity contribution >= 4 is 5.78 Å². The Hall–Kier alpha value is -1.16. The molecule has 0 aliphatic heterocycles. The SMILES string of the molecule is CCOC(CC)C(=O)c1nccn1C. The van der Waals surface area contributed by atoms with Crippen molar-refractivity contribution in [2.45, 2.75) is 26.4 Å². The molecule has 0 radical (unpaired) electrons. The molecule has 1 rings (SSSR count). The van der Waals surface area contributed by atoms with E-state index in [0.717, 1.165) is 0 Å². The molecular formula is C10H16N2O2. The van der Waals surface area contributed by atoms with Crippen LogP contribution in [0.4, 0.5) is 0 Å². The second kappa shape index (κ2) is 4.91. The first-order chi connectivity index (χ1) is 6.70.